The predicted octanol–water partition coefficient (Wildman–Crippen LogP) is 1.16. The molecule has 0 aromatic heterocycles. The molecule has 2 rings (SSSR count). The molecule has 92 valence electrons. The SMILES string of the molecule is COC(=O)C[C@@H](O)C1COc2ccccc2C1. The van der Waals surface area contributed by atoms with Crippen LogP contribution in [-0.4, -0.2) is 30.9 Å². The Morgan fingerprint density at radius 1 is 1.59 bits per heavy atom. The van der Waals surface area contributed by atoms with E-state index in [0.717, 1.165) is 17.7 Å². The van der Waals surface area contributed by atoms with Gasteiger partial charge in [0.1, 0.15) is 5.75 Å². The Morgan fingerprint density at radius 2 is 2.35 bits per heavy atom. The average Bonchev–Trinajstić information content (AvgIpc) is 2.38. The summed E-state index contributed by atoms with van der Waals surface area (Å²) >= 11 is 0. The molecule has 4 nitrogen and oxygen atoms in total. The Morgan fingerprint density at radius 3 is 3.12 bits per heavy atom. The second-order valence-electron chi connectivity index (χ2n) is 4.23. The number of fused-ring (bicyclic) bond motifs is 1. The number of rotatable bonds is 3. The van der Waals surface area contributed by atoms with Gasteiger partial charge in [0, 0.05) is 5.92 Å². The molecule has 1 aliphatic rings. The minimum atomic E-state index is -0.712. The van der Waals surface area contributed by atoms with Gasteiger partial charge in [0.2, 0.25) is 0 Å². The van der Waals surface area contributed by atoms with Crippen molar-refractivity contribution in [1.82, 2.24) is 0 Å². The molecule has 1 aliphatic heterocycles. The molecular formula is C13H16O4. The zero-order chi connectivity index (χ0) is 12.3. The Kier molecular flexibility index (Phi) is 3.64. The maximum absolute atomic E-state index is 11.1. The third kappa shape index (κ3) is 2.77. The highest BCUT2D eigenvalue weighted by atomic mass is 16.5. The van der Waals surface area contributed by atoms with Crippen LogP contribution in [0.3, 0.4) is 0 Å². The number of carbonyl (C=O) groups is 1. The van der Waals surface area contributed by atoms with Gasteiger partial charge in [-0.05, 0) is 18.1 Å². The number of para-hydroxylation sites is 1. The van der Waals surface area contributed by atoms with Crippen molar-refractivity contribution in [1.29, 1.82) is 0 Å². The van der Waals surface area contributed by atoms with Crippen molar-refractivity contribution < 1.29 is 19.4 Å². The van der Waals surface area contributed by atoms with Crippen LogP contribution in [0.5, 0.6) is 5.75 Å². The molecule has 1 aromatic carbocycles. The predicted molar refractivity (Wildman–Crippen MR) is 61.8 cm³/mol. The number of esters is 1. The summed E-state index contributed by atoms with van der Waals surface area (Å²) in [6.07, 6.45) is 0.0388. The Labute approximate surface area is 100 Å². The van der Waals surface area contributed by atoms with Crippen LogP contribution in [0.15, 0.2) is 24.3 Å². The van der Waals surface area contributed by atoms with Crippen molar-refractivity contribution >= 4 is 5.97 Å². The minimum Gasteiger partial charge on any atom is -0.493 e. The van der Waals surface area contributed by atoms with Crippen LogP contribution in [0.1, 0.15) is 12.0 Å². The van der Waals surface area contributed by atoms with Gasteiger partial charge in [-0.1, -0.05) is 18.2 Å². The van der Waals surface area contributed by atoms with Gasteiger partial charge in [0.15, 0.2) is 0 Å². The van der Waals surface area contributed by atoms with E-state index in [4.69, 9.17) is 4.74 Å². The van der Waals surface area contributed by atoms with E-state index in [-0.39, 0.29) is 12.3 Å². The topological polar surface area (TPSA) is 55.8 Å². The first-order valence-corrected chi connectivity index (χ1v) is 5.66. The van der Waals surface area contributed by atoms with E-state index in [1.54, 1.807) is 0 Å². The standard InChI is InChI=1S/C13H16O4/c1-16-13(15)7-11(14)10-6-9-4-2-3-5-12(9)17-8-10/h2-5,10-11,14H,6-8H2,1H3/t10?,11-/m1/s1. The molecule has 0 bridgehead atoms. The molecule has 0 spiro atoms. The Bertz CT molecular complexity index is 402. The molecule has 1 unspecified atom stereocenters. The lowest BCUT2D eigenvalue weighted by molar-refractivity contribution is -0.143. The first-order valence-electron chi connectivity index (χ1n) is 5.66. The third-order valence-corrected chi connectivity index (χ3v) is 3.06. The van der Waals surface area contributed by atoms with Gasteiger partial charge >= 0.3 is 5.97 Å². The smallest absolute Gasteiger partial charge is 0.308 e. The number of hydrogen-bond donors (Lipinski definition) is 1. The number of aliphatic hydroxyl groups is 1. The van der Waals surface area contributed by atoms with Crippen LogP contribution in [0, 0.1) is 5.92 Å². The van der Waals surface area contributed by atoms with Crippen molar-refractivity contribution in [3.8, 4) is 5.75 Å². The molecule has 1 aromatic rings. The lowest BCUT2D eigenvalue weighted by Gasteiger charge is -2.28. The van der Waals surface area contributed by atoms with E-state index in [1.165, 1.54) is 7.11 Å². The molecule has 0 saturated carbocycles. The number of ether oxygens (including phenoxy) is 2. The zero-order valence-electron chi connectivity index (χ0n) is 9.76. The summed E-state index contributed by atoms with van der Waals surface area (Å²) in [4.78, 5) is 11.1. The van der Waals surface area contributed by atoms with Gasteiger partial charge in [0.05, 0.1) is 26.2 Å². The Balaban J connectivity index is 2.00. The lowest BCUT2D eigenvalue weighted by atomic mass is 9.90. The molecule has 17 heavy (non-hydrogen) atoms. The molecule has 0 aliphatic carbocycles. The van der Waals surface area contributed by atoms with Crippen LogP contribution >= 0.6 is 0 Å². The molecule has 0 fully saturated rings. The maximum atomic E-state index is 11.1. The van der Waals surface area contributed by atoms with Crippen LogP contribution in [0.2, 0.25) is 0 Å². The quantitative estimate of drug-likeness (QED) is 0.800. The number of benzene rings is 1. The van der Waals surface area contributed by atoms with Crippen LogP contribution in [-0.2, 0) is 16.0 Å². The molecule has 0 amide bonds. The summed E-state index contributed by atoms with van der Waals surface area (Å²) in [6.45, 7) is 0.440. The molecule has 0 radical (unpaired) electrons. The number of carbonyl (C=O) groups excluding carboxylic acids is 1. The summed E-state index contributed by atoms with van der Waals surface area (Å²) < 4.78 is 10.1. The summed E-state index contributed by atoms with van der Waals surface area (Å²) in [5, 5.41) is 9.92. The van der Waals surface area contributed by atoms with E-state index in [0.29, 0.717) is 6.61 Å². The molecule has 1 N–H and O–H groups in total. The highest BCUT2D eigenvalue weighted by Gasteiger charge is 2.27. The van der Waals surface area contributed by atoms with Crippen molar-refractivity contribution in [3.63, 3.8) is 0 Å². The number of methoxy groups -OCH3 is 1. The fourth-order valence-corrected chi connectivity index (χ4v) is 2.02. The van der Waals surface area contributed by atoms with Crippen LogP contribution < -0.4 is 4.74 Å². The number of hydrogen-bond acceptors (Lipinski definition) is 4. The number of aliphatic hydroxyl groups excluding tert-OH is 1. The van der Waals surface area contributed by atoms with Gasteiger partial charge < -0.3 is 14.6 Å². The first-order chi connectivity index (χ1) is 8.20. The highest BCUT2D eigenvalue weighted by molar-refractivity contribution is 5.69. The van der Waals surface area contributed by atoms with Crippen LogP contribution in [0.4, 0.5) is 0 Å². The van der Waals surface area contributed by atoms with Gasteiger partial charge in [-0.2, -0.15) is 0 Å². The van der Waals surface area contributed by atoms with E-state index in [2.05, 4.69) is 4.74 Å². The average molecular weight is 236 g/mol. The Hall–Kier alpha value is -1.55. The van der Waals surface area contributed by atoms with Crippen molar-refractivity contribution in [2.75, 3.05) is 13.7 Å². The summed E-state index contributed by atoms with van der Waals surface area (Å²) in [5.41, 5.74) is 1.08. The normalized spacial score (nSPS) is 20.0. The lowest BCUT2D eigenvalue weighted by Crippen LogP contribution is -2.33. The van der Waals surface area contributed by atoms with Gasteiger partial charge in [-0.25, -0.2) is 0 Å². The monoisotopic (exact) mass is 236 g/mol. The summed E-state index contributed by atoms with van der Waals surface area (Å²) in [7, 11) is 1.32. The summed E-state index contributed by atoms with van der Waals surface area (Å²) in [5.74, 6) is 0.425. The maximum Gasteiger partial charge on any atom is 0.308 e. The van der Waals surface area contributed by atoms with E-state index in [1.807, 2.05) is 24.3 Å². The van der Waals surface area contributed by atoms with E-state index in [9.17, 15) is 9.90 Å². The third-order valence-electron chi connectivity index (χ3n) is 3.06. The minimum absolute atomic E-state index is 0.0205. The fourth-order valence-electron chi connectivity index (χ4n) is 2.02. The second kappa shape index (κ2) is 5.19. The van der Waals surface area contributed by atoms with Gasteiger partial charge in [-0.3, -0.25) is 4.79 Å². The molecule has 2 atom stereocenters. The van der Waals surface area contributed by atoms with Crippen molar-refractivity contribution in [3.05, 3.63) is 29.8 Å². The summed E-state index contributed by atoms with van der Waals surface area (Å²) in [6, 6.07) is 7.76. The van der Waals surface area contributed by atoms with Crippen molar-refractivity contribution in [2.45, 2.75) is 18.9 Å². The largest absolute Gasteiger partial charge is 0.493 e. The first kappa shape index (κ1) is 11.9. The fraction of sp³-hybridized carbons (Fsp3) is 0.462. The van der Waals surface area contributed by atoms with Gasteiger partial charge in [-0.15, -0.1) is 0 Å². The molecule has 0 saturated heterocycles. The zero-order valence-corrected chi connectivity index (χ0v) is 9.76. The van der Waals surface area contributed by atoms with Crippen molar-refractivity contribution in [2.24, 2.45) is 5.92 Å². The van der Waals surface area contributed by atoms with Crippen LogP contribution in [0.25, 0.3) is 0 Å². The van der Waals surface area contributed by atoms with Gasteiger partial charge in [0.25, 0.3) is 0 Å². The highest BCUT2D eigenvalue weighted by Crippen LogP contribution is 2.28. The molecule has 1 heterocycles. The molecule has 4 heteroatoms. The van der Waals surface area contributed by atoms with E-state index < -0.39 is 12.1 Å². The van der Waals surface area contributed by atoms with E-state index >= 15 is 0 Å². The molecular weight excluding hydrogens is 220 g/mol. The second-order valence-corrected chi connectivity index (χ2v) is 4.23.